The molecular weight excluding hydrogens is 236 g/mol. The molecule has 106 valence electrons. The third-order valence-electron chi connectivity index (χ3n) is 3.39. The Balaban J connectivity index is 2.24. The molecule has 1 N–H and O–H groups in total. The van der Waals surface area contributed by atoms with Crippen LogP contribution < -0.4 is 0 Å². The number of hydrogen-bond acceptors (Lipinski definition) is 5. The van der Waals surface area contributed by atoms with Gasteiger partial charge in [-0.1, -0.05) is 6.92 Å². The highest BCUT2D eigenvalue weighted by molar-refractivity contribution is 5.71. The van der Waals surface area contributed by atoms with Gasteiger partial charge >= 0.3 is 5.97 Å². The van der Waals surface area contributed by atoms with E-state index in [9.17, 15) is 4.79 Å². The molecular formula is C13H24O5. The number of rotatable bonds is 6. The molecule has 0 aromatic carbocycles. The number of hydrogen-bond donors (Lipinski definition) is 1. The van der Waals surface area contributed by atoms with E-state index in [2.05, 4.69) is 4.74 Å². The molecule has 1 aliphatic heterocycles. The highest BCUT2D eigenvalue weighted by atomic mass is 16.6. The monoisotopic (exact) mass is 260 g/mol. The Kier molecular flexibility index (Phi) is 6.05. The molecule has 0 aromatic heterocycles. The maximum Gasteiger partial charge on any atom is 0.308 e. The Morgan fingerprint density at radius 1 is 1.61 bits per heavy atom. The van der Waals surface area contributed by atoms with Gasteiger partial charge in [-0.05, 0) is 26.2 Å². The van der Waals surface area contributed by atoms with E-state index < -0.39 is 0 Å². The van der Waals surface area contributed by atoms with Gasteiger partial charge in [-0.2, -0.15) is 0 Å². The predicted octanol–water partition coefficient (Wildman–Crippen LogP) is 1.13. The average Bonchev–Trinajstić information content (AvgIpc) is 2.38. The molecule has 1 fully saturated rings. The number of aliphatic hydroxyl groups is 1. The van der Waals surface area contributed by atoms with E-state index >= 15 is 0 Å². The van der Waals surface area contributed by atoms with Crippen molar-refractivity contribution in [2.45, 2.75) is 44.8 Å². The molecule has 0 bridgehead atoms. The van der Waals surface area contributed by atoms with Crippen molar-refractivity contribution < 1.29 is 24.1 Å². The first-order valence-corrected chi connectivity index (χ1v) is 6.45. The second kappa shape index (κ2) is 7.07. The molecule has 1 rings (SSSR count). The number of esters is 1. The van der Waals surface area contributed by atoms with Gasteiger partial charge in [-0.3, -0.25) is 4.79 Å². The van der Waals surface area contributed by atoms with Crippen LogP contribution in [0.4, 0.5) is 0 Å². The van der Waals surface area contributed by atoms with E-state index in [1.807, 2.05) is 13.8 Å². The Morgan fingerprint density at radius 3 is 2.83 bits per heavy atom. The predicted molar refractivity (Wildman–Crippen MR) is 66.2 cm³/mol. The summed E-state index contributed by atoms with van der Waals surface area (Å²) in [5.74, 6) is -0.241. The van der Waals surface area contributed by atoms with E-state index in [1.165, 1.54) is 7.11 Å². The van der Waals surface area contributed by atoms with Crippen molar-refractivity contribution in [1.82, 2.24) is 0 Å². The fourth-order valence-corrected chi connectivity index (χ4v) is 2.03. The molecule has 0 spiro atoms. The summed E-state index contributed by atoms with van der Waals surface area (Å²) in [6, 6.07) is 0. The molecule has 0 radical (unpaired) electrons. The molecule has 5 nitrogen and oxygen atoms in total. The molecule has 0 aliphatic carbocycles. The minimum absolute atomic E-state index is 0.00451. The van der Waals surface area contributed by atoms with Crippen LogP contribution in [0.1, 0.15) is 33.1 Å². The minimum atomic E-state index is -0.304. The van der Waals surface area contributed by atoms with E-state index in [-0.39, 0.29) is 30.2 Å². The smallest absolute Gasteiger partial charge is 0.308 e. The second-order valence-corrected chi connectivity index (χ2v) is 5.19. The summed E-state index contributed by atoms with van der Waals surface area (Å²) in [5.41, 5.74) is -0.304. The van der Waals surface area contributed by atoms with E-state index in [1.54, 1.807) is 0 Å². The lowest BCUT2D eigenvalue weighted by atomic mass is 9.95. The number of ether oxygens (including phenoxy) is 3. The summed E-state index contributed by atoms with van der Waals surface area (Å²) in [7, 11) is 1.41. The first-order chi connectivity index (χ1) is 8.50. The molecule has 18 heavy (non-hydrogen) atoms. The maximum absolute atomic E-state index is 11.2. The molecule has 3 atom stereocenters. The summed E-state index contributed by atoms with van der Waals surface area (Å²) < 4.78 is 15.9. The van der Waals surface area contributed by atoms with Crippen LogP contribution in [0.3, 0.4) is 0 Å². The van der Waals surface area contributed by atoms with Gasteiger partial charge in [0, 0.05) is 0 Å². The van der Waals surface area contributed by atoms with E-state index in [0.717, 1.165) is 19.3 Å². The van der Waals surface area contributed by atoms with Crippen LogP contribution in [0.2, 0.25) is 0 Å². The summed E-state index contributed by atoms with van der Waals surface area (Å²) in [4.78, 5) is 11.2. The lowest BCUT2D eigenvalue weighted by Crippen LogP contribution is -2.45. The topological polar surface area (TPSA) is 65.0 Å². The van der Waals surface area contributed by atoms with Crippen LogP contribution >= 0.6 is 0 Å². The van der Waals surface area contributed by atoms with Gasteiger partial charge in [0.15, 0.2) is 0 Å². The third-order valence-corrected chi connectivity index (χ3v) is 3.39. The lowest BCUT2D eigenvalue weighted by Gasteiger charge is -2.37. The van der Waals surface area contributed by atoms with Crippen molar-refractivity contribution in [3.63, 3.8) is 0 Å². The van der Waals surface area contributed by atoms with Crippen molar-refractivity contribution in [3.8, 4) is 0 Å². The number of carbonyl (C=O) groups is 1. The van der Waals surface area contributed by atoms with Crippen molar-refractivity contribution in [2.75, 3.05) is 26.9 Å². The minimum Gasteiger partial charge on any atom is -0.469 e. The summed E-state index contributed by atoms with van der Waals surface area (Å²) in [6.07, 6.45) is 2.31. The van der Waals surface area contributed by atoms with Crippen LogP contribution in [0.5, 0.6) is 0 Å². The zero-order valence-electron chi connectivity index (χ0n) is 11.5. The fraction of sp³-hybridized carbons (Fsp3) is 0.923. The van der Waals surface area contributed by atoms with Gasteiger partial charge in [0.25, 0.3) is 0 Å². The van der Waals surface area contributed by atoms with Crippen LogP contribution in [-0.2, 0) is 19.0 Å². The summed E-state index contributed by atoms with van der Waals surface area (Å²) in [6.45, 7) is 4.79. The molecule has 0 amide bonds. The number of aliphatic hydroxyl groups excluding tert-OH is 1. The summed E-state index contributed by atoms with van der Waals surface area (Å²) in [5, 5.41) is 8.94. The Morgan fingerprint density at radius 2 is 2.33 bits per heavy atom. The highest BCUT2D eigenvalue weighted by Crippen LogP contribution is 2.25. The molecule has 1 aliphatic rings. The van der Waals surface area contributed by atoms with E-state index in [4.69, 9.17) is 14.6 Å². The largest absolute Gasteiger partial charge is 0.469 e. The SMILES string of the molecule is COC(=O)[C@H](C)CCC[C@@]1(C)CO[C@H](CO)CO1. The standard InChI is InChI=1S/C13H24O5/c1-10(12(15)16-3)5-4-6-13(2)9-17-11(7-14)8-18-13/h10-11,14H,4-9H2,1-3H3/t10-,11-,13+/m1/s1. The van der Waals surface area contributed by atoms with Crippen LogP contribution in [0, 0.1) is 5.92 Å². The van der Waals surface area contributed by atoms with Gasteiger partial charge in [-0.25, -0.2) is 0 Å². The van der Waals surface area contributed by atoms with Gasteiger partial charge in [0.2, 0.25) is 0 Å². The van der Waals surface area contributed by atoms with Gasteiger partial charge in [0.1, 0.15) is 6.10 Å². The van der Waals surface area contributed by atoms with Gasteiger partial charge < -0.3 is 19.3 Å². The third kappa shape index (κ3) is 4.55. The maximum atomic E-state index is 11.2. The Bertz CT molecular complexity index is 258. The average molecular weight is 260 g/mol. The van der Waals surface area contributed by atoms with E-state index in [0.29, 0.717) is 13.2 Å². The molecule has 1 heterocycles. The van der Waals surface area contributed by atoms with Gasteiger partial charge in [0.05, 0.1) is 38.4 Å². The molecule has 1 saturated heterocycles. The first-order valence-electron chi connectivity index (χ1n) is 6.45. The first kappa shape index (κ1) is 15.4. The lowest BCUT2D eigenvalue weighted by molar-refractivity contribution is -0.193. The molecule has 0 aromatic rings. The van der Waals surface area contributed by atoms with Crippen LogP contribution in [-0.4, -0.2) is 49.7 Å². The van der Waals surface area contributed by atoms with Crippen molar-refractivity contribution in [1.29, 1.82) is 0 Å². The Hall–Kier alpha value is -0.650. The van der Waals surface area contributed by atoms with Crippen molar-refractivity contribution in [2.24, 2.45) is 5.92 Å². The summed E-state index contributed by atoms with van der Waals surface area (Å²) >= 11 is 0. The molecule has 0 saturated carbocycles. The van der Waals surface area contributed by atoms with Crippen molar-refractivity contribution >= 4 is 5.97 Å². The highest BCUT2D eigenvalue weighted by Gasteiger charge is 2.32. The normalized spacial score (nSPS) is 29.9. The molecule has 5 heteroatoms. The Labute approximate surface area is 108 Å². The zero-order chi connectivity index (χ0) is 13.6. The van der Waals surface area contributed by atoms with Crippen LogP contribution in [0.25, 0.3) is 0 Å². The number of methoxy groups -OCH3 is 1. The zero-order valence-corrected chi connectivity index (χ0v) is 11.5. The van der Waals surface area contributed by atoms with Crippen LogP contribution in [0.15, 0.2) is 0 Å². The quantitative estimate of drug-likeness (QED) is 0.725. The van der Waals surface area contributed by atoms with Crippen molar-refractivity contribution in [3.05, 3.63) is 0 Å². The molecule has 0 unspecified atom stereocenters. The second-order valence-electron chi connectivity index (χ2n) is 5.19. The van der Waals surface area contributed by atoms with Gasteiger partial charge in [-0.15, -0.1) is 0 Å². The fourth-order valence-electron chi connectivity index (χ4n) is 2.03. The number of carbonyl (C=O) groups excluding carboxylic acids is 1.